The number of rotatable bonds is 4. The Labute approximate surface area is 105 Å². The van der Waals surface area contributed by atoms with Gasteiger partial charge < -0.3 is 10.3 Å². The van der Waals surface area contributed by atoms with Crippen molar-refractivity contribution in [1.29, 1.82) is 0 Å². The second-order valence-corrected chi connectivity index (χ2v) is 5.06. The van der Waals surface area contributed by atoms with Crippen LogP contribution < -0.4 is 10.9 Å². The molecule has 1 amide bonds. The highest BCUT2D eigenvalue weighted by molar-refractivity contribution is 6.30. The molecule has 0 radical (unpaired) electrons. The maximum Gasteiger partial charge on any atom is 0.266 e. The van der Waals surface area contributed by atoms with Crippen LogP contribution in [-0.4, -0.2) is 16.4 Å². The van der Waals surface area contributed by atoms with Gasteiger partial charge in [-0.3, -0.25) is 9.59 Å². The number of hydrogen-bond donors (Lipinski definition) is 2. The van der Waals surface area contributed by atoms with E-state index in [1.165, 1.54) is 12.3 Å². The first-order valence-corrected chi connectivity index (χ1v) is 5.94. The Balaban J connectivity index is 2.83. The predicted octanol–water partition coefficient (Wildman–Crippen LogP) is 2.34. The largest absolute Gasteiger partial charge is 0.347 e. The molecule has 4 nitrogen and oxygen atoms in total. The molecular formula is C12H17ClN2O2. The Morgan fingerprint density at radius 3 is 2.71 bits per heavy atom. The zero-order chi connectivity index (χ0) is 13.1. The lowest BCUT2D eigenvalue weighted by Crippen LogP contribution is -2.43. The predicted molar refractivity (Wildman–Crippen MR) is 68.5 cm³/mol. The Kier molecular flexibility index (Phi) is 4.34. The van der Waals surface area contributed by atoms with Gasteiger partial charge in [-0.05, 0) is 26.3 Å². The first-order chi connectivity index (χ1) is 7.85. The molecule has 2 N–H and O–H groups in total. The fraction of sp³-hybridized carbons (Fsp3) is 0.500. The van der Waals surface area contributed by atoms with Gasteiger partial charge in [0.1, 0.15) is 5.02 Å². The lowest BCUT2D eigenvalue weighted by atomic mass is 9.98. The van der Waals surface area contributed by atoms with Crippen LogP contribution in [0.1, 0.15) is 44.0 Å². The monoisotopic (exact) mass is 256 g/mol. The summed E-state index contributed by atoms with van der Waals surface area (Å²) in [5.74, 6) is -0.235. The first-order valence-electron chi connectivity index (χ1n) is 5.56. The average molecular weight is 257 g/mol. The fourth-order valence-corrected chi connectivity index (χ4v) is 1.83. The highest BCUT2D eigenvalue weighted by atomic mass is 35.5. The minimum atomic E-state index is -0.393. The summed E-state index contributed by atoms with van der Waals surface area (Å²) in [5, 5.41) is 2.92. The van der Waals surface area contributed by atoms with Gasteiger partial charge in [0, 0.05) is 11.7 Å². The van der Waals surface area contributed by atoms with E-state index in [4.69, 9.17) is 11.6 Å². The first kappa shape index (κ1) is 13.8. The summed E-state index contributed by atoms with van der Waals surface area (Å²) in [4.78, 5) is 25.4. The van der Waals surface area contributed by atoms with Crippen LogP contribution >= 0.6 is 11.6 Å². The van der Waals surface area contributed by atoms with Gasteiger partial charge in [0.05, 0.1) is 5.56 Å². The standard InChI is InChI=1S/C12H17ClN2O2/c1-4-5-12(2,3)15-10(16)8-6-9(13)11(17)14-7-8/h6-7H,4-5H2,1-3H3,(H,14,17)(H,15,16). The third-order valence-electron chi connectivity index (χ3n) is 2.45. The number of amides is 1. The Morgan fingerprint density at radius 1 is 1.53 bits per heavy atom. The molecule has 94 valence electrons. The SMILES string of the molecule is CCCC(C)(C)NC(=O)c1c[nH]c(=O)c(Cl)c1. The summed E-state index contributed by atoms with van der Waals surface area (Å²) in [5.41, 5.74) is -0.302. The molecule has 0 unspecified atom stereocenters. The number of carbonyl (C=O) groups excluding carboxylic acids is 1. The van der Waals surface area contributed by atoms with Gasteiger partial charge in [-0.2, -0.15) is 0 Å². The van der Waals surface area contributed by atoms with E-state index in [1.54, 1.807) is 0 Å². The van der Waals surface area contributed by atoms with Crippen LogP contribution in [0.4, 0.5) is 0 Å². The molecule has 0 atom stereocenters. The summed E-state index contributed by atoms with van der Waals surface area (Å²) in [6, 6.07) is 1.37. The highest BCUT2D eigenvalue weighted by Crippen LogP contribution is 2.12. The maximum absolute atomic E-state index is 11.9. The van der Waals surface area contributed by atoms with Crippen molar-refractivity contribution >= 4 is 17.5 Å². The number of hydrogen-bond acceptors (Lipinski definition) is 2. The summed E-state index contributed by atoms with van der Waals surface area (Å²) >= 11 is 5.67. The number of carbonyl (C=O) groups is 1. The number of pyridine rings is 1. The molecule has 0 spiro atoms. The summed E-state index contributed by atoms with van der Waals surface area (Å²) in [6.45, 7) is 5.98. The molecule has 0 aliphatic heterocycles. The molecule has 0 aliphatic rings. The van der Waals surface area contributed by atoms with E-state index in [1.807, 2.05) is 13.8 Å². The summed E-state index contributed by atoms with van der Waals surface area (Å²) in [7, 11) is 0. The van der Waals surface area contributed by atoms with Crippen LogP contribution in [0.25, 0.3) is 0 Å². The minimum absolute atomic E-state index is 0.0194. The lowest BCUT2D eigenvalue weighted by Gasteiger charge is -2.25. The zero-order valence-electron chi connectivity index (χ0n) is 10.3. The van der Waals surface area contributed by atoms with Crippen LogP contribution in [0.3, 0.4) is 0 Å². The van der Waals surface area contributed by atoms with Crippen LogP contribution in [0, 0.1) is 0 Å². The molecule has 0 aliphatic carbocycles. The van der Waals surface area contributed by atoms with E-state index in [0.29, 0.717) is 5.56 Å². The van der Waals surface area contributed by atoms with Crippen molar-refractivity contribution in [2.24, 2.45) is 0 Å². The number of nitrogens with one attached hydrogen (secondary N) is 2. The molecule has 1 aromatic rings. The van der Waals surface area contributed by atoms with E-state index < -0.39 is 5.56 Å². The van der Waals surface area contributed by atoms with Gasteiger partial charge >= 0.3 is 0 Å². The van der Waals surface area contributed by atoms with Gasteiger partial charge in [-0.15, -0.1) is 0 Å². The summed E-state index contributed by atoms with van der Waals surface area (Å²) in [6.07, 6.45) is 3.24. The van der Waals surface area contributed by atoms with E-state index in [0.717, 1.165) is 12.8 Å². The maximum atomic E-state index is 11.9. The Hall–Kier alpha value is -1.29. The molecule has 0 saturated heterocycles. The Bertz CT molecular complexity index is 466. The van der Waals surface area contributed by atoms with Gasteiger partial charge in [-0.1, -0.05) is 24.9 Å². The van der Waals surface area contributed by atoms with Crippen molar-refractivity contribution < 1.29 is 4.79 Å². The number of aromatic nitrogens is 1. The van der Waals surface area contributed by atoms with Gasteiger partial charge in [0.25, 0.3) is 11.5 Å². The molecule has 17 heavy (non-hydrogen) atoms. The molecule has 0 fully saturated rings. The lowest BCUT2D eigenvalue weighted by molar-refractivity contribution is 0.0908. The summed E-state index contributed by atoms with van der Waals surface area (Å²) < 4.78 is 0. The van der Waals surface area contributed by atoms with Gasteiger partial charge in [0.15, 0.2) is 0 Å². The molecule has 1 rings (SSSR count). The second-order valence-electron chi connectivity index (χ2n) is 4.65. The normalized spacial score (nSPS) is 11.3. The smallest absolute Gasteiger partial charge is 0.266 e. The fourth-order valence-electron chi connectivity index (χ4n) is 1.65. The third kappa shape index (κ3) is 3.89. The van der Waals surface area contributed by atoms with Crippen molar-refractivity contribution in [1.82, 2.24) is 10.3 Å². The van der Waals surface area contributed by atoms with Crippen LogP contribution in [0.5, 0.6) is 0 Å². The quantitative estimate of drug-likeness (QED) is 0.869. The van der Waals surface area contributed by atoms with Crippen molar-refractivity contribution in [2.75, 3.05) is 0 Å². The molecule has 0 bridgehead atoms. The minimum Gasteiger partial charge on any atom is -0.347 e. The second kappa shape index (κ2) is 5.36. The van der Waals surface area contributed by atoms with Crippen LogP contribution in [-0.2, 0) is 0 Å². The molecule has 1 heterocycles. The topological polar surface area (TPSA) is 62.0 Å². The van der Waals surface area contributed by atoms with Crippen molar-refractivity contribution in [2.45, 2.75) is 39.2 Å². The molecule has 0 aromatic carbocycles. The van der Waals surface area contributed by atoms with E-state index in [2.05, 4.69) is 17.2 Å². The average Bonchev–Trinajstić information content (AvgIpc) is 2.21. The number of H-pyrrole nitrogens is 1. The number of aromatic amines is 1. The van der Waals surface area contributed by atoms with Crippen LogP contribution in [0.2, 0.25) is 5.02 Å². The Morgan fingerprint density at radius 2 is 2.18 bits per heavy atom. The van der Waals surface area contributed by atoms with E-state index >= 15 is 0 Å². The van der Waals surface area contributed by atoms with Crippen molar-refractivity contribution in [3.05, 3.63) is 33.2 Å². The van der Waals surface area contributed by atoms with Crippen LogP contribution in [0.15, 0.2) is 17.1 Å². The third-order valence-corrected chi connectivity index (χ3v) is 2.73. The number of halogens is 1. The molecule has 0 saturated carbocycles. The van der Waals surface area contributed by atoms with Crippen molar-refractivity contribution in [3.8, 4) is 0 Å². The van der Waals surface area contributed by atoms with E-state index in [-0.39, 0.29) is 16.5 Å². The zero-order valence-corrected chi connectivity index (χ0v) is 11.0. The van der Waals surface area contributed by atoms with Gasteiger partial charge in [-0.25, -0.2) is 0 Å². The molecule has 1 aromatic heterocycles. The molecular weight excluding hydrogens is 240 g/mol. The van der Waals surface area contributed by atoms with Gasteiger partial charge in [0.2, 0.25) is 0 Å². The van der Waals surface area contributed by atoms with Crippen molar-refractivity contribution in [3.63, 3.8) is 0 Å². The van der Waals surface area contributed by atoms with E-state index in [9.17, 15) is 9.59 Å². The molecule has 5 heteroatoms. The highest BCUT2D eigenvalue weighted by Gasteiger charge is 2.20.